The number of aryl methyl sites for hydroxylation is 1. The number of halogens is 3. The Balaban J connectivity index is 2.94. The first-order valence-corrected chi connectivity index (χ1v) is 5.16. The number of alkyl halides is 1. The molecule has 1 aliphatic rings. The Hall–Kier alpha value is -1.25. The standard InChI is InChI=1S/C13H13F3/c1-7-4-5-8-6-13(2,3)12(16)11(15)9(8)10(7)14/h4-6,12H,1-3H3. The summed E-state index contributed by atoms with van der Waals surface area (Å²) in [5.41, 5.74) is -0.604. The van der Waals surface area contributed by atoms with Crippen LogP contribution in [0.15, 0.2) is 12.1 Å². The predicted molar refractivity (Wildman–Crippen MR) is 58.0 cm³/mol. The van der Waals surface area contributed by atoms with E-state index in [1.807, 2.05) is 0 Å². The number of hydrogen-bond acceptors (Lipinski definition) is 0. The van der Waals surface area contributed by atoms with Crippen LogP contribution in [0.4, 0.5) is 13.2 Å². The first-order chi connectivity index (χ1) is 7.34. The molecule has 86 valence electrons. The van der Waals surface area contributed by atoms with Crippen LogP contribution in [0.25, 0.3) is 11.9 Å². The van der Waals surface area contributed by atoms with Gasteiger partial charge in [-0.2, -0.15) is 0 Å². The molecule has 2 rings (SSSR count). The summed E-state index contributed by atoms with van der Waals surface area (Å²) in [5, 5.41) is 0.214. The van der Waals surface area contributed by atoms with Crippen molar-refractivity contribution < 1.29 is 13.2 Å². The van der Waals surface area contributed by atoms with Crippen LogP contribution in [-0.4, -0.2) is 6.17 Å². The fraction of sp³-hybridized carbons (Fsp3) is 0.385. The van der Waals surface area contributed by atoms with Crippen molar-refractivity contribution in [3.05, 3.63) is 34.0 Å². The Morgan fingerprint density at radius 2 is 1.81 bits per heavy atom. The highest BCUT2D eigenvalue weighted by atomic mass is 19.2. The molecule has 1 atom stereocenters. The monoisotopic (exact) mass is 226 g/mol. The van der Waals surface area contributed by atoms with Crippen LogP contribution in [-0.2, 0) is 0 Å². The van der Waals surface area contributed by atoms with Crippen molar-refractivity contribution in [2.24, 2.45) is 5.41 Å². The second-order valence-electron chi connectivity index (χ2n) is 4.84. The molecule has 0 fully saturated rings. The van der Waals surface area contributed by atoms with Gasteiger partial charge in [-0.3, -0.25) is 0 Å². The fourth-order valence-electron chi connectivity index (χ4n) is 1.99. The summed E-state index contributed by atoms with van der Waals surface area (Å²) in [7, 11) is 0. The summed E-state index contributed by atoms with van der Waals surface area (Å²) < 4.78 is 41.2. The van der Waals surface area contributed by atoms with Gasteiger partial charge in [0, 0.05) is 5.41 Å². The van der Waals surface area contributed by atoms with Crippen LogP contribution in [0.5, 0.6) is 0 Å². The molecular weight excluding hydrogens is 213 g/mol. The molecule has 1 unspecified atom stereocenters. The molecule has 0 aromatic heterocycles. The minimum atomic E-state index is -1.78. The highest BCUT2D eigenvalue weighted by Crippen LogP contribution is 2.32. The topological polar surface area (TPSA) is 0 Å². The molecule has 1 aromatic rings. The Morgan fingerprint density at radius 3 is 2.44 bits per heavy atom. The Bertz CT molecular complexity index is 555. The van der Waals surface area contributed by atoms with E-state index in [0.29, 0.717) is 10.8 Å². The van der Waals surface area contributed by atoms with Crippen molar-refractivity contribution in [2.45, 2.75) is 26.9 Å². The molecular formula is C13H13F3. The summed E-state index contributed by atoms with van der Waals surface area (Å²) in [4.78, 5) is 0. The lowest BCUT2D eigenvalue weighted by Gasteiger charge is -2.27. The third kappa shape index (κ3) is 1.46. The van der Waals surface area contributed by atoms with E-state index in [9.17, 15) is 13.2 Å². The molecule has 0 heterocycles. The van der Waals surface area contributed by atoms with Crippen LogP contribution in [0.2, 0.25) is 0 Å². The lowest BCUT2D eigenvalue weighted by atomic mass is 9.82. The first kappa shape index (κ1) is 11.2. The smallest absolute Gasteiger partial charge is 0.161 e. The average molecular weight is 226 g/mol. The quantitative estimate of drug-likeness (QED) is 0.637. The Labute approximate surface area is 92.1 Å². The maximum absolute atomic E-state index is 13.8. The van der Waals surface area contributed by atoms with E-state index in [1.165, 1.54) is 6.92 Å². The maximum Gasteiger partial charge on any atom is 0.161 e. The molecule has 0 amide bonds. The number of benzene rings is 1. The molecule has 3 heteroatoms. The molecule has 0 N–H and O–H groups in total. The molecule has 0 bridgehead atoms. The van der Waals surface area contributed by atoms with E-state index < -0.39 is 23.2 Å². The normalized spacial score (nSPS) is 22.6. The molecule has 1 aromatic carbocycles. The van der Waals surface area contributed by atoms with Crippen LogP contribution in [0, 0.1) is 18.2 Å². The van der Waals surface area contributed by atoms with Crippen LogP contribution in [0.1, 0.15) is 19.4 Å². The lowest BCUT2D eigenvalue weighted by Crippen LogP contribution is -2.42. The van der Waals surface area contributed by atoms with Gasteiger partial charge in [0.05, 0.1) is 5.22 Å². The van der Waals surface area contributed by atoms with E-state index in [1.54, 1.807) is 32.1 Å². The summed E-state index contributed by atoms with van der Waals surface area (Å²) in [6, 6.07) is 3.20. The van der Waals surface area contributed by atoms with Crippen LogP contribution in [0.3, 0.4) is 0 Å². The molecule has 0 radical (unpaired) electrons. The summed E-state index contributed by atoms with van der Waals surface area (Å²) >= 11 is 0. The molecule has 0 saturated heterocycles. The van der Waals surface area contributed by atoms with E-state index in [4.69, 9.17) is 0 Å². The van der Waals surface area contributed by atoms with Crippen molar-refractivity contribution in [1.29, 1.82) is 0 Å². The molecule has 0 aliphatic heterocycles. The van der Waals surface area contributed by atoms with Gasteiger partial charge in [0.2, 0.25) is 0 Å². The zero-order valence-electron chi connectivity index (χ0n) is 9.44. The van der Waals surface area contributed by atoms with Gasteiger partial charge in [-0.25, -0.2) is 13.2 Å². The molecule has 1 aliphatic carbocycles. The van der Waals surface area contributed by atoms with Gasteiger partial charge in [0.15, 0.2) is 6.17 Å². The van der Waals surface area contributed by atoms with Crippen molar-refractivity contribution in [3.63, 3.8) is 0 Å². The number of rotatable bonds is 0. The van der Waals surface area contributed by atoms with Gasteiger partial charge < -0.3 is 0 Å². The summed E-state index contributed by atoms with van der Waals surface area (Å²) in [5.74, 6) is -1.66. The highest BCUT2D eigenvalue weighted by Gasteiger charge is 2.35. The van der Waals surface area contributed by atoms with Gasteiger partial charge in [0.1, 0.15) is 11.6 Å². The van der Waals surface area contributed by atoms with Crippen LogP contribution >= 0.6 is 0 Å². The van der Waals surface area contributed by atoms with Gasteiger partial charge in [0.25, 0.3) is 0 Å². The Kier molecular flexibility index (Phi) is 2.37. The zero-order valence-corrected chi connectivity index (χ0v) is 9.44. The van der Waals surface area contributed by atoms with Gasteiger partial charge in [-0.15, -0.1) is 0 Å². The van der Waals surface area contributed by atoms with Gasteiger partial charge >= 0.3 is 0 Å². The van der Waals surface area contributed by atoms with Crippen molar-refractivity contribution in [3.8, 4) is 0 Å². The summed E-state index contributed by atoms with van der Waals surface area (Å²) in [6.45, 7) is 4.73. The van der Waals surface area contributed by atoms with Crippen molar-refractivity contribution in [2.75, 3.05) is 0 Å². The van der Waals surface area contributed by atoms with Gasteiger partial charge in [-0.1, -0.05) is 32.1 Å². The third-order valence-electron chi connectivity index (χ3n) is 3.01. The second-order valence-corrected chi connectivity index (χ2v) is 4.84. The molecule has 16 heavy (non-hydrogen) atoms. The Morgan fingerprint density at radius 1 is 1.19 bits per heavy atom. The number of fused-ring (bicyclic) bond motifs is 1. The molecule has 0 spiro atoms. The maximum atomic E-state index is 13.8. The molecule has 0 saturated carbocycles. The molecule has 0 nitrogen and oxygen atoms in total. The average Bonchev–Trinajstić information content (AvgIpc) is 2.20. The van der Waals surface area contributed by atoms with Gasteiger partial charge in [-0.05, 0) is 17.7 Å². The first-order valence-electron chi connectivity index (χ1n) is 5.16. The van der Waals surface area contributed by atoms with E-state index in [2.05, 4.69) is 0 Å². The SMILES string of the molecule is Cc1ccc2c(c1F)=C(F)C(F)C(C)(C)C=2. The summed E-state index contributed by atoms with van der Waals surface area (Å²) in [6.07, 6.45) is -0.199. The van der Waals surface area contributed by atoms with E-state index >= 15 is 0 Å². The van der Waals surface area contributed by atoms with Crippen molar-refractivity contribution >= 4 is 11.9 Å². The number of hydrogen-bond donors (Lipinski definition) is 0. The minimum Gasteiger partial charge on any atom is -0.239 e. The lowest BCUT2D eigenvalue weighted by molar-refractivity contribution is 0.241. The van der Waals surface area contributed by atoms with E-state index in [0.717, 1.165) is 0 Å². The predicted octanol–water partition coefficient (Wildman–Crippen LogP) is 2.37. The third-order valence-corrected chi connectivity index (χ3v) is 3.01. The zero-order chi connectivity index (χ0) is 12.1. The second kappa shape index (κ2) is 3.37. The highest BCUT2D eigenvalue weighted by molar-refractivity contribution is 5.54. The van der Waals surface area contributed by atoms with Crippen molar-refractivity contribution in [1.82, 2.24) is 0 Å². The van der Waals surface area contributed by atoms with E-state index in [-0.39, 0.29) is 5.22 Å². The fourth-order valence-corrected chi connectivity index (χ4v) is 1.99. The van der Waals surface area contributed by atoms with Crippen LogP contribution < -0.4 is 10.4 Å². The largest absolute Gasteiger partial charge is 0.239 e. The minimum absolute atomic E-state index is 0.216.